The number of hydrogen-bond donors (Lipinski definition) is 0. The molecule has 88 valence electrons. The van der Waals surface area contributed by atoms with E-state index < -0.39 is 0 Å². The molecular weight excluding hydrogens is 310 g/mol. The molecule has 0 saturated carbocycles. The normalized spacial score (nSPS) is 20.8. The Bertz CT molecular complexity index is 385. The lowest BCUT2D eigenvalue weighted by Gasteiger charge is -2.10. The zero-order valence-corrected chi connectivity index (χ0v) is 12.1. The second kappa shape index (κ2) is 5.46. The van der Waals surface area contributed by atoms with Crippen LogP contribution in [0.4, 0.5) is 5.13 Å². The van der Waals surface area contributed by atoms with E-state index in [0.29, 0.717) is 12.3 Å². The monoisotopic (exact) mass is 321 g/mol. The van der Waals surface area contributed by atoms with Gasteiger partial charge >= 0.3 is 0 Å². The first-order chi connectivity index (χ1) is 7.74. The summed E-state index contributed by atoms with van der Waals surface area (Å²) in [6, 6.07) is 0. The Morgan fingerprint density at radius 3 is 3.06 bits per heavy atom. The molecule has 1 atom stereocenters. The van der Waals surface area contributed by atoms with Gasteiger partial charge in [0.25, 0.3) is 0 Å². The predicted molar refractivity (Wildman–Crippen MR) is 70.6 cm³/mol. The second-order valence-corrected chi connectivity index (χ2v) is 6.63. The highest BCUT2D eigenvalue weighted by Crippen LogP contribution is 2.31. The van der Waals surface area contributed by atoms with E-state index in [0.717, 1.165) is 27.1 Å². The van der Waals surface area contributed by atoms with Crippen molar-refractivity contribution in [3.8, 4) is 0 Å². The molecule has 1 aromatic rings. The van der Waals surface area contributed by atoms with Crippen molar-refractivity contribution in [3.05, 3.63) is 0 Å². The van der Waals surface area contributed by atoms with E-state index >= 15 is 0 Å². The molecule has 4 nitrogen and oxygen atoms in total. The third kappa shape index (κ3) is 2.57. The topological polar surface area (TPSA) is 46.1 Å². The first kappa shape index (κ1) is 12.3. The fourth-order valence-electron chi connectivity index (χ4n) is 1.56. The van der Waals surface area contributed by atoms with Crippen LogP contribution in [0.3, 0.4) is 0 Å². The summed E-state index contributed by atoms with van der Waals surface area (Å²) >= 11 is 6.58. The minimum Gasteiger partial charge on any atom is -0.286 e. The lowest BCUT2D eigenvalue weighted by Crippen LogP contribution is -2.24. The van der Waals surface area contributed by atoms with Crippen LogP contribution >= 0.6 is 39.0 Å². The van der Waals surface area contributed by atoms with Crippen molar-refractivity contribution in [1.82, 2.24) is 10.2 Å². The fourth-order valence-corrected chi connectivity index (χ4v) is 3.76. The van der Waals surface area contributed by atoms with Gasteiger partial charge in [-0.05, 0) is 11.7 Å². The van der Waals surface area contributed by atoms with Crippen molar-refractivity contribution in [3.63, 3.8) is 0 Å². The fraction of sp³-hybridized carbons (Fsp3) is 0.667. The van der Waals surface area contributed by atoms with Crippen LogP contribution in [0.15, 0.2) is 4.34 Å². The predicted octanol–water partition coefficient (Wildman–Crippen LogP) is 2.40. The highest BCUT2D eigenvalue weighted by molar-refractivity contribution is 9.09. The molecule has 0 radical (unpaired) electrons. The Kier molecular flexibility index (Phi) is 4.21. The van der Waals surface area contributed by atoms with Gasteiger partial charge in [-0.3, -0.25) is 9.69 Å². The Morgan fingerprint density at radius 2 is 2.44 bits per heavy atom. The highest BCUT2D eigenvalue weighted by Gasteiger charge is 2.31. The molecular formula is C9H12BrN3OS2. The Morgan fingerprint density at radius 1 is 1.62 bits per heavy atom. The summed E-state index contributed by atoms with van der Waals surface area (Å²) in [7, 11) is 0. The van der Waals surface area contributed by atoms with Gasteiger partial charge in [0.15, 0.2) is 4.34 Å². The number of anilines is 1. The Hall–Kier alpha value is -0.140. The first-order valence-electron chi connectivity index (χ1n) is 5.07. The molecule has 7 heteroatoms. The summed E-state index contributed by atoms with van der Waals surface area (Å²) < 4.78 is 0.938. The smallest absolute Gasteiger partial charge is 0.229 e. The van der Waals surface area contributed by atoms with Crippen molar-refractivity contribution in [1.29, 1.82) is 0 Å². The number of rotatable bonds is 4. The van der Waals surface area contributed by atoms with Gasteiger partial charge in [-0.15, -0.1) is 10.2 Å². The number of carbonyl (C=O) groups is 1. The lowest BCUT2D eigenvalue weighted by atomic mass is 10.2. The number of alkyl halides is 1. The van der Waals surface area contributed by atoms with Crippen LogP contribution in [0, 0.1) is 5.92 Å². The zero-order valence-electron chi connectivity index (χ0n) is 8.85. The maximum atomic E-state index is 11.7. The van der Waals surface area contributed by atoms with Gasteiger partial charge in [0.05, 0.1) is 0 Å². The van der Waals surface area contributed by atoms with Crippen LogP contribution in [-0.4, -0.2) is 33.7 Å². The van der Waals surface area contributed by atoms with Gasteiger partial charge in [0.2, 0.25) is 11.0 Å². The zero-order chi connectivity index (χ0) is 11.5. The van der Waals surface area contributed by atoms with E-state index in [1.54, 1.807) is 16.7 Å². The van der Waals surface area contributed by atoms with Crippen molar-refractivity contribution in [2.24, 2.45) is 5.92 Å². The number of halogens is 1. The van der Waals surface area contributed by atoms with Crippen LogP contribution in [0.2, 0.25) is 0 Å². The molecule has 0 aliphatic carbocycles. The van der Waals surface area contributed by atoms with Crippen molar-refractivity contribution < 1.29 is 4.79 Å². The maximum Gasteiger partial charge on any atom is 0.229 e. The number of carbonyl (C=O) groups excluding carboxylic acids is 1. The summed E-state index contributed by atoms with van der Waals surface area (Å²) in [5, 5.41) is 9.74. The molecule has 1 aliphatic heterocycles. The minimum atomic E-state index is 0.161. The van der Waals surface area contributed by atoms with E-state index in [9.17, 15) is 4.79 Å². The molecule has 0 N–H and O–H groups in total. The molecule has 1 aliphatic rings. The summed E-state index contributed by atoms with van der Waals surface area (Å²) in [4.78, 5) is 13.5. The average molecular weight is 322 g/mol. The van der Waals surface area contributed by atoms with Gasteiger partial charge in [0.1, 0.15) is 0 Å². The molecule has 1 aromatic heterocycles. The molecule has 1 unspecified atom stereocenters. The molecule has 2 rings (SSSR count). The third-order valence-corrected chi connectivity index (χ3v) is 5.20. The molecule has 0 spiro atoms. The molecule has 1 amide bonds. The summed E-state index contributed by atoms with van der Waals surface area (Å²) in [5.41, 5.74) is 0. The molecule has 1 fully saturated rings. The molecule has 2 heterocycles. The Labute approximate surface area is 111 Å². The van der Waals surface area contributed by atoms with Crippen molar-refractivity contribution in [2.75, 3.05) is 22.5 Å². The van der Waals surface area contributed by atoms with Crippen LogP contribution in [0.1, 0.15) is 13.3 Å². The van der Waals surface area contributed by atoms with Gasteiger partial charge in [0, 0.05) is 18.3 Å². The Balaban J connectivity index is 2.09. The van der Waals surface area contributed by atoms with Crippen molar-refractivity contribution in [2.45, 2.75) is 17.7 Å². The van der Waals surface area contributed by atoms with Gasteiger partial charge in [-0.25, -0.2) is 0 Å². The highest BCUT2D eigenvalue weighted by atomic mass is 79.9. The van der Waals surface area contributed by atoms with Gasteiger partial charge in [-0.1, -0.05) is 46.0 Å². The average Bonchev–Trinajstić information content (AvgIpc) is 2.85. The lowest BCUT2D eigenvalue weighted by molar-refractivity contribution is -0.117. The largest absolute Gasteiger partial charge is 0.286 e. The first-order valence-corrected chi connectivity index (χ1v) is 7.99. The standard InChI is InChI=1S/C9H12BrN3OS2/c1-2-15-9-12-11-8(16-9)13-5-6(4-10)3-7(13)14/h6H,2-5H2,1H3. The maximum absolute atomic E-state index is 11.7. The van der Waals surface area contributed by atoms with Gasteiger partial charge < -0.3 is 0 Å². The van der Waals surface area contributed by atoms with Crippen LogP contribution in [0.5, 0.6) is 0 Å². The van der Waals surface area contributed by atoms with E-state index in [4.69, 9.17) is 0 Å². The van der Waals surface area contributed by atoms with E-state index in [-0.39, 0.29) is 5.91 Å². The number of nitrogens with zero attached hydrogens (tertiary/aromatic N) is 3. The summed E-state index contributed by atoms with van der Waals surface area (Å²) in [6.45, 7) is 2.84. The second-order valence-electron chi connectivity index (χ2n) is 3.51. The SMILES string of the molecule is CCSc1nnc(N2CC(CBr)CC2=O)s1. The van der Waals surface area contributed by atoms with E-state index in [2.05, 4.69) is 33.1 Å². The third-order valence-electron chi connectivity index (χ3n) is 2.32. The number of amides is 1. The summed E-state index contributed by atoms with van der Waals surface area (Å²) in [6.07, 6.45) is 0.612. The van der Waals surface area contributed by atoms with Crippen molar-refractivity contribution >= 4 is 50.1 Å². The molecule has 0 aromatic carbocycles. The quantitative estimate of drug-likeness (QED) is 0.485. The molecule has 16 heavy (non-hydrogen) atoms. The number of hydrogen-bond acceptors (Lipinski definition) is 5. The molecule has 0 bridgehead atoms. The van der Waals surface area contributed by atoms with Crippen LogP contribution < -0.4 is 4.90 Å². The van der Waals surface area contributed by atoms with Gasteiger partial charge in [-0.2, -0.15) is 0 Å². The molecule has 1 saturated heterocycles. The minimum absolute atomic E-state index is 0.161. The number of aromatic nitrogens is 2. The van der Waals surface area contributed by atoms with E-state index in [1.807, 2.05) is 0 Å². The van der Waals surface area contributed by atoms with Crippen LogP contribution in [0.25, 0.3) is 0 Å². The van der Waals surface area contributed by atoms with Crippen LogP contribution in [-0.2, 0) is 4.79 Å². The number of thioether (sulfide) groups is 1. The summed E-state index contributed by atoms with van der Waals surface area (Å²) in [5.74, 6) is 1.54. The van der Waals surface area contributed by atoms with E-state index in [1.165, 1.54) is 11.3 Å².